The van der Waals surface area contributed by atoms with Crippen molar-refractivity contribution in [3.8, 4) is 0 Å². The van der Waals surface area contributed by atoms with Gasteiger partial charge in [-0.15, -0.1) is 0 Å². The van der Waals surface area contributed by atoms with Gasteiger partial charge in [0, 0.05) is 0 Å². The van der Waals surface area contributed by atoms with Crippen LogP contribution >= 0.6 is 0 Å². The SMILES string of the molecule is CCCCCCc1ccc(C(=O)OCC2O[C@H](O)C(O)[C@@H](O)[C@@H]2O)cc1. The van der Waals surface area contributed by atoms with Gasteiger partial charge in [0.2, 0.25) is 0 Å². The molecular weight excluding hydrogens is 340 g/mol. The van der Waals surface area contributed by atoms with E-state index in [4.69, 9.17) is 9.47 Å². The van der Waals surface area contributed by atoms with E-state index in [1.54, 1.807) is 12.1 Å². The predicted octanol–water partition coefficient (Wildman–Crippen LogP) is 0.766. The lowest BCUT2D eigenvalue weighted by Gasteiger charge is -2.37. The third kappa shape index (κ3) is 5.49. The van der Waals surface area contributed by atoms with Crippen molar-refractivity contribution in [2.45, 2.75) is 69.7 Å². The first kappa shape index (κ1) is 20.8. The van der Waals surface area contributed by atoms with E-state index in [9.17, 15) is 25.2 Å². The Bertz CT molecular complexity index is 560. The summed E-state index contributed by atoms with van der Waals surface area (Å²) in [4.78, 5) is 12.1. The summed E-state index contributed by atoms with van der Waals surface area (Å²) in [7, 11) is 0. The molecule has 7 nitrogen and oxygen atoms in total. The summed E-state index contributed by atoms with van der Waals surface area (Å²) >= 11 is 0. The molecule has 0 bridgehead atoms. The van der Waals surface area contributed by atoms with Gasteiger partial charge in [-0.25, -0.2) is 4.79 Å². The number of aryl methyl sites for hydroxylation is 1. The van der Waals surface area contributed by atoms with Crippen LogP contribution in [-0.4, -0.2) is 63.7 Å². The van der Waals surface area contributed by atoms with Crippen molar-refractivity contribution in [1.29, 1.82) is 0 Å². The molecule has 1 heterocycles. The second-order valence-corrected chi connectivity index (χ2v) is 6.64. The molecule has 1 aromatic rings. The van der Waals surface area contributed by atoms with Crippen LogP contribution in [0.15, 0.2) is 24.3 Å². The minimum atomic E-state index is -1.65. The van der Waals surface area contributed by atoms with Crippen LogP contribution in [0.4, 0.5) is 0 Å². The number of hydrogen-bond acceptors (Lipinski definition) is 7. The van der Waals surface area contributed by atoms with Crippen molar-refractivity contribution in [2.75, 3.05) is 6.61 Å². The molecule has 1 fully saturated rings. The Morgan fingerprint density at radius 1 is 1.00 bits per heavy atom. The summed E-state index contributed by atoms with van der Waals surface area (Å²) in [5.41, 5.74) is 1.53. The first-order valence-electron chi connectivity index (χ1n) is 9.07. The van der Waals surface area contributed by atoms with Crippen molar-refractivity contribution in [3.63, 3.8) is 0 Å². The second-order valence-electron chi connectivity index (χ2n) is 6.64. The third-order valence-corrected chi connectivity index (χ3v) is 4.57. The Balaban J connectivity index is 1.82. The fourth-order valence-electron chi connectivity index (χ4n) is 2.87. The van der Waals surface area contributed by atoms with Crippen LogP contribution < -0.4 is 0 Å². The molecule has 146 valence electrons. The van der Waals surface area contributed by atoms with Crippen LogP contribution in [0.2, 0.25) is 0 Å². The number of unbranched alkanes of at least 4 members (excludes halogenated alkanes) is 3. The van der Waals surface area contributed by atoms with Crippen molar-refractivity contribution in [2.24, 2.45) is 0 Å². The van der Waals surface area contributed by atoms with Crippen molar-refractivity contribution < 1.29 is 34.7 Å². The minimum absolute atomic E-state index is 0.348. The molecule has 0 saturated carbocycles. The van der Waals surface area contributed by atoms with E-state index in [0.29, 0.717) is 5.56 Å². The van der Waals surface area contributed by atoms with Crippen LogP contribution in [0.1, 0.15) is 48.5 Å². The molecule has 7 heteroatoms. The van der Waals surface area contributed by atoms with Crippen LogP contribution in [0.25, 0.3) is 0 Å². The standard InChI is InChI=1S/C19H28O7/c1-2-3-4-5-6-12-7-9-13(10-8-12)18(23)25-11-14-15(20)16(21)17(22)19(24)26-14/h7-10,14-17,19-22,24H,2-6,11H2,1H3/t14?,15-,16+,17?,19+/m1/s1. The lowest BCUT2D eigenvalue weighted by molar-refractivity contribution is -0.286. The number of benzene rings is 1. The molecule has 2 unspecified atom stereocenters. The van der Waals surface area contributed by atoms with Gasteiger partial charge >= 0.3 is 5.97 Å². The number of aliphatic hydroxyl groups is 4. The number of ether oxygens (including phenoxy) is 2. The lowest BCUT2D eigenvalue weighted by atomic mass is 9.99. The Morgan fingerprint density at radius 2 is 1.69 bits per heavy atom. The average Bonchev–Trinajstić information content (AvgIpc) is 2.65. The summed E-state index contributed by atoms with van der Waals surface area (Å²) in [6.45, 7) is 1.82. The summed E-state index contributed by atoms with van der Waals surface area (Å²) in [5.74, 6) is -0.589. The molecule has 2 rings (SSSR count). The maximum Gasteiger partial charge on any atom is 0.338 e. The van der Waals surface area contributed by atoms with Crippen molar-refractivity contribution in [1.82, 2.24) is 0 Å². The van der Waals surface area contributed by atoms with E-state index in [0.717, 1.165) is 18.4 Å². The Hall–Kier alpha value is -1.51. The largest absolute Gasteiger partial charge is 0.459 e. The molecule has 0 aliphatic carbocycles. The van der Waals surface area contributed by atoms with Gasteiger partial charge in [-0.05, 0) is 30.5 Å². The maximum atomic E-state index is 12.1. The van der Waals surface area contributed by atoms with E-state index in [1.165, 1.54) is 19.3 Å². The van der Waals surface area contributed by atoms with Crippen molar-refractivity contribution in [3.05, 3.63) is 35.4 Å². The fourth-order valence-corrected chi connectivity index (χ4v) is 2.87. The van der Waals surface area contributed by atoms with E-state index in [1.807, 2.05) is 12.1 Å². The highest BCUT2D eigenvalue weighted by Crippen LogP contribution is 2.20. The molecule has 0 aromatic heterocycles. The first-order valence-corrected chi connectivity index (χ1v) is 9.07. The van der Waals surface area contributed by atoms with Crippen LogP contribution in [-0.2, 0) is 15.9 Å². The Kier molecular flexibility index (Phi) is 7.99. The van der Waals surface area contributed by atoms with Crippen LogP contribution in [0, 0.1) is 0 Å². The highest BCUT2D eigenvalue weighted by atomic mass is 16.6. The lowest BCUT2D eigenvalue weighted by Crippen LogP contribution is -2.58. The van der Waals surface area contributed by atoms with E-state index in [2.05, 4.69) is 6.92 Å². The molecular formula is C19H28O7. The summed E-state index contributed by atoms with van der Waals surface area (Å²) < 4.78 is 10.1. The predicted molar refractivity (Wildman–Crippen MR) is 93.5 cm³/mol. The topological polar surface area (TPSA) is 116 Å². The molecule has 1 aliphatic rings. The Morgan fingerprint density at radius 3 is 2.35 bits per heavy atom. The van der Waals surface area contributed by atoms with E-state index >= 15 is 0 Å². The van der Waals surface area contributed by atoms with Gasteiger partial charge in [0.25, 0.3) is 0 Å². The third-order valence-electron chi connectivity index (χ3n) is 4.57. The molecule has 1 saturated heterocycles. The summed E-state index contributed by atoms with van der Waals surface area (Å²) in [6.07, 6.45) is -1.73. The maximum absolute atomic E-state index is 12.1. The summed E-state index contributed by atoms with van der Waals surface area (Å²) in [6, 6.07) is 7.14. The highest BCUT2D eigenvalue weighted by molar-refractivity contribution is 5.89. The number of rotatable bonds is 8. The molecule has 4 N–H and O–H groups in total. The number of esters is 1. The number of carbonyl (C=O) groups is 1. The van der Waals surface area contributed by atoms with Crippen LogP contribution in [0.5, 0.6) is 0 Å². The molecule has 0 spiro atoms. The second kappa shape index (κ2) is 9.99. The zero-order valence-corrected chi connectivity index (χ0v) is 15.0. The monoisotopic (exact) mass is 368 g/mol. The van der Waals surface area contributed by atoms with Crippen LogP contribution in [0.3, 0.4) is 0 Å². The molecule has 0 amide bonds. The van der Waals surface area contributed by atoms with Gasteiger partial charge in [-0.3, -0.25) is 0 Å². The molecule has 5 atom stereocenters. The smallest absolute Gasteiger partial charge is 0.338 e. The van der Waals surface area contributed by atoms with Gasteiger partial charge in [0.15, 0.2) is 6.29 Å². The van der Waals surface area contributed by atoms with Gasteiger partial charge < -0.3 is 29.9 Å². The zero-order chi connectivity index (χ0) is 19.1. The normalized spacial score (nSPS) is 28.7. The quantitative estimate of drug-likeness (QED) is 0.395. The van der Waals surface area contributed by atoms with Gasteiger partial charge in [-0.1, -0.05) is 38.3 Å². The summed E-state index contributed by atoms with van der Waals surface area (Å²) in [5, 5.41) is 38.3. The number of carbonyl (C=O) groups excluding carboxylic acids is 1. The van der Waals surface area contributed by atoms with Gasteiger partial charge in [-0.2, -0.15) is 0 Å². The average molecular weight is 368 g/mol. The first-order chi connectivity index (χ1) is 12.4. The zero-order valence-electron chi connectivity index (χ0n) is 15.0. The van der Waals surface area contributed by atoms with Gasteiger partial charge in [0.1, 0.15) is 31.0 Å². The number of aliphatic hydroxyl groups excluding tert-OH is 4. The highest BCUT2D eigenvalue weighted by Gasteiger charge is 2.43. The van der Waals surface area contributed by atoms with E-state index < -0.39 is 36.7 Å². The molecule has 1 aliphatic heterocycles. The number of hydrogen-bond donors (Lipinski definition) is 4. The molecule has 1 aromatic carbocycles. The van der Waals surface area contributed by atoms with E-state index in [-0.39, 0.29) is 6.61 Å². The Labute approximate surface area is 153 Å². The molecule has 26 heavy (non-hydrogen) atoms. The van der Waals surface area contributed by atoms with Gasteiger partial charge in [0.05, 0.1) is 5.56 Å². The molecule has 0 radical (unpaired) electrons. The van der Waals surface area contributed by atoms with Crippen molar-refractivity contribution >= 4 is 5.97 Å². The fraction of sp³-hybridized carbons (Fsp3) is 0.632. The minimum Gasteiger partial charge on any atom is -0.459 e.